The molecule has 108 valence electrons. The molecule has 0 bridgehead atoms. The lowest BCUT2D eigenvalue weighted by atomic mass is 9.86. The van der Waals surface area contributed by atoms with Crippen LogP contribution in [0.25, 0.3) is 0 Å². The zero-order valence-corrected chi connectivity index (χ0v) is 12.6. The Bertz CT molecular complexity index is 473. The molecular weight excluding hydrogens is 246 g/mol. The van der Waals surface area contributed by atoms with Crippen LogP contribution < -0.4 is 0 Å². The third kappa shape index (κ3) is 5.48. The third-order valence-electron chi connectivity index (χ3n) is 3.91. The molecule has 0 saturated heterocycles. The molecule has 0 heterocycles. The quantitative estimate of drug-likeness (QED) is 0.687. The summed E-state index contributed by atoms with van der Waals surface area (Å²) in [6.45, 7) is 8.35. The van der Waals surface area contributed by atoms with E-state index in [4.69, 9.17) is 5.26 Å². The highest BCUT2D eigenvalue weighted by Gasteiger charge is 2.14. The van der Waals surface area contributed by atoms with Crippen LogP contribution in [0.2, 0.25) is 0 Å². The van der Waals surface area contributed by atoms with Gasteiger partial charge in [0.1, 0.15) is 5.75 Å². The number of nitrogens with zero attached hydrogens (tertiary/aromatic N) is 1. The van der Waals surface area contributed by atoms with Gasteiger partial charge in [0.15, 0.2) is 0 Å². The number of benzene rings is 1. The van der Waals surface area contributed by atoms with Crippen molar-refractivity contribution in [1.82, 2.24) is 0 Å². The fraction of sp³-hybridized carbons (Fsp3) is 0.500. The Labute approximate surface area is 122 Å². The summed E-state index contributed by atoms with van der Waals surface area (Å²) in [6.07, 6.45) is 4.62. The smallest absolute Gasteiger partial charge is 0.118 e. The second-order valence-corrected chi connectivity index (χ2v) is 5.76. The predicted molar refractivity (Wildman–Crippen MR) is 83.4 cm³/mol. The molecule has 20 heavy (non-hydrogen) atoms. The Morgan fingerprint density at radius 2 is 2.00 bits per heavy atom. The normalized spacial score (nSPS) is 13.4. The van der Waals surface area contributed by atoms with Crippen molar-refractivity contribution in [1.29, 1.82) is 5.26 Å². The lowest BCUT2D eigenvalue weighted by Crippen LogP contribution is -2.08. The molecule has 2 unspecified atom stereocenters. The van der Waals surface area contributed by atoms with Gasteiger partial charge in [-0.2, -0.15) is 5.26 Å². The van der Waals surface area contributed by atoms with Gasteiger partial charge in [-0.25, -0.2) is 0 Å². The molecule has 2 nitrogen and oxygen atoms in total. The summed E-state index contributed by atoms with van der Waals surface area (Å²) in [7, 11) is 0. The summed E-state index contributed by atoms with van der Waals surface area (Å²) in [6, 6.07) is 9.72. The Hall–Kier alpha value is -1.75. The fourth-order valence-corrected chi connectivity index (χ4v) is 2.41. The van der Waals surface area contributed by atoms with E-state index in [1.807, 2.05) is 18.2 Å². The molecule has 0 radical (unpaired) electrons. The van der Waals surface area contributed by atoms with E-state index in [-0.39, 0.29) is 0 Å². The second kappa shape index (κ2) is 8.43. The number of phenolic OH excluding ortho intramolecular Hbond substituents is 1. The monoisotopic (exact) mass is 271 g/mol. The van der Waals surface area contributed by atoms with Crippen molar-refractivity contribution in [2.45, 2.75) is 46.0 Å². The minimum absolute atomic E-state index is 0.372. The van der Waals surface area contributed by atoms with Crippen LogP contribution in [0.5, 0.6) is 5.75 Å². The van der Waals surface area contributed by atoms with Crippen molar-refractivity contribution in [3.8, 4) is 11.8 Å². The molecule has 0 aliphatic carbocycles. The molecule has 0 aliphatic heterocycles. The van der Waals surface area contributed by atoms with Gasteiger partial charge in [-0.15, -0.1) is 0 Å². The molecule has 0 amide bonds. The highest BCUT2D eigenvalue weighted by atomic mass is 16.3. The predicted octanol–water partition coefficient (Wildman–Crippen LogP) is 4.85. The van der Waals surface area contributed by atoms with E-state index in [9.17, 15) is 5.11 Å². The number of aromatic hydroxyl groups is 1. The molecule has 0 spiro atoms. The first kappa shape index (κ1) is 16.3. The highest BCUT2D eigenvalue weighted by Crippen LogP contribution is 2.27. The van der Waals surface area contributed by atoms with Crippen LogP contribution in [0.15, 0.2) is 36.4 Å². The molecule has 0 saturated carbocycles. The van der Waals surface area contributed by atoms with Crippen molar-refractivity contribution >= 4 is 0 Å². The van der Waals surface area contributed by atoms with Crippen molar-refractivity contribution in [2.24, 2.45) is 11.8 Å². The summed E-state index contributed by atoms with van der Waals surface area (Å²) in [5.41, 5.74) is 2.16. The summed E-state index contributed by atoms with van der Waals surface area (Å²) < 4.78 is 0. The molecule has 1 N–H and O–H groups in total. The van der Waals surface area contributed by atoms with E-state index in [2.05, 4.69) is 26.5 Å². The van der Waals surface area contributed by atoms with E-state index < -0.39 is 0 Å². The SMILES string of the molecule is C=C(C)C(CCC(C)CCC#N)Cc1ccccc1O. The number of allylic oxidation sites excluding steroid dienone is 1. The highest BCUT2D eigenvalue weighted by molar-refractivity contribution is 5.32. The van der Waals surface area contributed by atoms with E-state index >= 15 is 0 Å². The minimum atomic E-state index is 0.372. The fourth-order valence-electron chi connectivity index (χ4n) is 2.41. The number of nitriles is 1. The average molecular weight is 271 g/mol. The van der Waals surface area contributed by atoms with Gasteiger partial charge in [-0.1, -0.05) is 43.7 Å². The third-order valence-corrected chi connectivity index (χ3v) is 3.91. The van der Waals surface area contributed by atoms with E-state index in [0.717, 1.165) is 31.2 Å². The largest absolute Gasteiger partial charge is 0.508 e. The molecule has 1 aromatic rings. The topological polar surface area (TPSA) is 44.0 Å². The lowest BCUT2D eigenvalue weighted by molar-refractivity contribution is 0.417. The number of hydrogen-bond donors (Lipinski definition) is 1. The van der Waals surface area contributed by atoms with Gasteiger partial charge < -0.3 is 5.11 Å². The van der Waals surface area contributed by atoms with Gasteiger partial charge in [0.2, 0.25) is 0 Å². The zero-order chi connectivity index (χ0) is 15.0. The van der Waals surface area contributed by atoms with Gasteiger partial charge in [0, 0.05) is 6.42 Å². The van der Waals surface area contributed by atoms with Crippen molar-refractivity contribution < 1.29 is 5.11 Å². The summed E-state index contributed by atoms with van der Waals surface area (Å²) >= 11 is 0. The molecule has 1 aromatic carbocycles. The Morgan fingerprint density at radius 1 is 1.30 bits per heavy atom. The van der Waals surface area contributed by atoms with Crippen molar-refractivity contribution in [2.75, 3.05) is 0 Å². The first-order valence-electron chi connectivity index (χ1n) is 7.33. The maximum atomic E-state index is 9.87. The molecular formula is C18H25NO. The van der Waals surface area contributed by atoms with Gasteiger partial charge in [-0.3, -0.25) is 0 Å². The first-order valence-corrected chi connectivity index (χ1v) is 7.33. The molecule has 2 heteroatoms. The van der Waals surface area contributed by atoms with Crippen molar-refractivity contribution in [3.63, 3.8) is 0 Å². The van der Waals surface area contributed by atoms with Crippen LogP contribution in [0.3, 0.4) is 0 Å². The summed E-state index contributed by atoms with van der Waals surface area (Å²) in [4.78, 5) is 0. The molecule has 2 atom stereocenters. The van der Waals surface area contributed by atoms with Gasteiger partial charge in [-0.05, 0) is 49.7 Å². The van der Waals surface area contributed by atoms with E-state index in [1.165, 1.54) is 5.57 Å². The van der Waals surface area contributed by atoms with Crippen LogP contribution in [0, 0.1) is 23.2 Å². The first-order chi connectivity index (χ1) is 9.54. The van der Waals surface area contributed by atoms with Gasteiger partial charge >= 0.3 is 0 Å². The number of rotatable bonds is 8. The molecule has 1 rings (SSSR count). The van der Waals surface area contributed by atoms with Crippen LogP contribution in [-0.2, 0) is 6.42 Å². The minimum Gasteiger partial charge on any atom is -0.508 e. The van der Waals surface area contributed by atoms with Gasteiger partial charge in [0.05, 0.1) is 6.07 Å². The zero-order valence-electron chi connectivity index (χ0n) is 12.6. The van der Waals surface area contributed by atoms with Gasteiger partial charge in [0.25, 0.3) is 0 Å². The molecule has 0 aliphatic rings. The van der Waals surface area contributed by atoms with Crippen LogP contribution >= 0.6 is 0 Å². The maximum Gasteiger partial charge on any atom is 0.118 e. The Morgan fingerprint density at radius 3 is 2.60 bits per heavy atom. The van der Waals surface area contributed by atoms with E-state index in [0.29, 0.717) is 24.0 Å². The van der Waals surface area contributed by atoms with Crippen molar-refractivity contribution in [3.05, 3.63) is 42.0 Å². The number of hydrogen-bond acceptors (Lipinski definition) is 2. The number of phenols is 1. The Kier molecular flexibility index (Phi) is 6.87. The van der Waals surface area contributed by atoms with Crippen LogP contribution in [0.1, 0.15) is 45.1 Å². The molecule has 0 aromatic heterocycles. The maximum absolute atomic E-state index is 9.87. The summed E-state index contributed by atoms with van der Waals surface area (Å²) in [5.74, 6) is 1.34. The number of para-hydroxylation sites is 1. The van der Waals surface area contributed by atoms with Crippen LogP contribution in [-0.4, -0.2) is 5.11 Å². The summed E-state index contributed by atoms with van der Waals surface area (Å²) in [5, 5.41) is 18.5. The Balaban J connectivity index is 2.56. The standard InChI is InChI=1S/C18H25NO/c1-14(2)16(11-10-15(3)7-6-12-19)13-17-8-4-5-9-18(17)20/h4-5,8-9,15-16,20H,1,6-7,10-11,13H2,2-3H3. The molecule has 0 fully saturated rings. The van der Waals surface area contributed by atoms with E-state index in [1.54, 1.807) is 6.07 Å². The second-order valence-electron chi connectivity index (χ2n) is 5.76. The van der Waals surface area contributed by atoms with Crippen LogP contribution in [0.4, 0.5) is 0 Å². The average Bonchev–Trinajstić information content (AvgIpc) is 2.42. The lowest BCUT2D eigenvalue weighted by Gasteiger charge is -2.20.